The van der Waals surface area contributed by atoms with Gasteiger partial charge in [-0.3, -0.25) is 29.0 Å². The maximum absolute atomic E-state index is 14.0. The first-order valence-electron chi connectivity index (χ1n) is 17.7. The van der Waals surface area contributed by atoms with Gasteiger partial charge in [-0.1, -0.05) is 60.3 Å². The number of rotatable bonds is 13. The van der Waals surface area contributed by atoms with Crippen LogP contribution in [0.15, 0.2) is 83.8 Å². The molecule has 0 atom stereocenters. The van der Waals surface area contributed by atoms with Gasteiger partial charge in [-0.25, -0.2) is 8.78 Å². The Balaban J connectivity index is 0.000000216. The van der Waals surface area contributed by atoms with Crippen LogP contribution >= 0.6 is 22.7 Å². The number of benzene rings is 3. The fourth-order valence-electron chi connectivity index (χ4n) is 5.70. The van der Waals surface area contributed by atoms with Crippen LogP contribution in [-0.2, 0) is 11.2 Å². The highest BCUT2D eigenvalue weighted by atomic mass is 32.1. The van der Waals surface area contributed by atoms with E-state index in [0.717, 1.165) is 35.1 Å². The first kappa shape index (κ1) is 41.2. The van der Waals surface area contributed by atoms with Crippen LogP contribution in [0, 0.1) is 25.5 Å². The quantitative estimate of drug-likeness (QED) is 0.118. The number of H-pyrrole nitrogens is 1. The first-order valence-corrected chi connectivity index (χ1v) is 19.4. The highest BCUT2D eigenvalue weighted by Crippen LogP contribution is 2.33. The van der Waals surface area contributed by atoms with Crippen LogP contribution in [0.3, 0.4) is 0 Å². The number of aliphatic carboxylic acids is 1. The summed E-state index contributed by atoms with van der Waals surface area (Å²) in [4.78, 5) is 53.1. The summed E-state index contributed by atoms with van der Waals surface area (Å²) in [5.74, 6) is -2.88. The Bertz CT molecular complexity index is 2350. The molecule has 3 heterocycles. The molecule has 6 aromatic rings. The molecule has 290 valence electrons. The minimum absolute atomic E-state index is 0.00407. The molecular weight excluding hydrogens is 761 g/mol. The van der Waals surface area contributed by atoms with Gasteiger partial charge in [0.15, 0.2) is 5.01 Å². The van der Waals surface area contributed by atoms with E-state index in [0.29, 0.717) is 45.4 Å². The molecule has 0 saturated carbocycles. The van der Waals surface area contributed by atoms with Crippen LogP contribution in [0.25, 0.3) is 21.1 Å². The van der Waals surface area contributed by atoms with Gasteiger partial charge in [-0.2, -0.15) is 0 Å². The standard InChI is InChI=1S/C22H22FN3O3S.C18H17FN4O2S/c1-4-26(21(29)17-7-5-6-8-18(17)23)22-25-24-20(30-22)15-11-13(2)16(14(3)12-15)9-10-19(27)28;1-2-3-10-23(17(25)13-6-4-5-7-14(13)19)18-22-21-16(26-18)12-8-9-15(24)20-11-12/h5-8,11-12H,4,9-10H2,1-3H3,(H,27,28);4-9,11H,2-3,10H2,1H3,(H,20,24). The lowest BCUT2D eigenvalue weighted by atomic mass is 9.96. The van der Waals surface area contributed by atoms with Crippen molar-refractivity contribution >= 4 is 50.7 Å². The number of amides is 2. The van der Waals surface area contributed by atoms with Crippen molar-refractivity contribution in [1.29, 1.82) is 0 Å². The van der Waals surface area contributed by atoms with Gasteiger partial charge in [0.2, 0.25) is 15.8 Å². The van der Waals surface area contributed by atoms with Gasteiger partial charge < -0.3 is 10.1 Å². The largest absolute Gasteiger partial charge is 0.481 e. The average molecular weight is 800 g/mol. The fourth-order valence-corrected chi connectivity index (χ4v) is 7.45. The Labute approximate surface area is 329 Å². The lowest BCUT2D eigenvalue weighted by Crippen LogP contribution is -2.32. The van der Waals surface area contributed by atoms with E-state index in [4.69, 9.17) is 5.11 Å². The lowest BCUT2D eigenvalue weighted by molar-refractivity contribution is -0.136. The smallest absolute Gasteiger partial charge is 0.303 e. The molecule has 0 saturated heterocycles. The predicted octanol–water partition coefficient (Wildman–Crippen LogP) is 8.12. The molecule has 0 aliphatic heterocycles. The van der Waals surface area contributed by atoms with E-state index in [2.05, 4.69) is 25.4 Å². The van der Waals surface area contributed by atoms with Gasteiger partial charge >= 0.3 is 5.97 Å². The van der Waals surface area contributed by atoms with Crippen molar-refractivity contribution in [2.75, 3.05) is 22.9 Å². The fraction of sp³-hybridized carbons (Fsp3) is 0.250. The molecule has 16 heteroatoms. The first-order chi connectivity index (χ1) is 26.9. The predicted molar refractivity (Wildman–Crippen MR) is 213 cm³/mol. The summed E-state index contributed by atoms with van der Waals surface area (Å²) >= 11 is 2.47. The van der Waals surface area contributed by atoms with E-state index in [1.54, 1.807) is 37.4 Å². The highest BCUT2D eigenvalue weighted by Gasteiger charge is 2.25. The topological polar surface area (TPSA) is 162 Å². The van der Waals surface area contributed by atoms with Gasteiger partial charge in [0.25, 0.3) is 11.8 Å². The molecule has 6 rings (SSSR count). The van der Waals surface area contributed by atoms with E-state index in [1.807, 2.05) is 32.9 Å². The molecule has 2 N–H and O–H groups in total. The molecule has 3 aromatic heterocycles. The molecule has 0 bridgehead atoms. The zero-order valence-corrected chi connectivity index (χ0v) is 32.7. The molecule has 56 heavy (non-hydrogen) atoms. The number of nitrogens with one attached hydrogen (secondary N) is 1. The van der Waals surface area contributed by atoms with Crippen LogP contribution < -0.4 is 15.4 Å². The van der Waals surface area contributed by atoms with Crippen molar-refractivity contribution in [3.05, 3.63) is 129 Å². The number of halogens is 2. The Morgan fingerprint density at radius 1 is 0.750 bits per heavy atom. The van der Waals surface area contributed by atoms with Crippen LogP contribution in [0.2, 0.25) is 0 Å². The van der Waals surface area contributed by atoms with Gasteiger partial charge in [0, 0.05) is 42.9 Å². The van der Waals surface area contributed by atoms with Crippen LogP contribution in [-0.4, -0.2) is 61.4 Å². The molecule has 0 aliphatic carbocycles. The maximum Gasteiger partial charge on any atom is 0.303 e. The van der Waals surface area contributed by atoms with Crippen molar-refractivity contribution in [2.45, 2.75) is 53.4 Å². The van der Waals surface area contributed by atoms with E-state index in [-0.39, 0.29) is 23.1 Å². The zero-order chi connectivity index (χ0) is 40.4. The van der Waals surface area contributed by atoms with Crippen molar-refractivity contribution in [3.8, 4) is 21.1 Å². The Kier molecular flexibility index (Phi) is 14.0. The average Bonchev–Trinajstić information content (AvgIpc) is 3.87. The number of hydrogen-bond donors (Lipinski definition) is 2. The molecule has 12 nitrogen and oxygen atoms in total. The second kappa shape index (κ2) is 19.0. The van der Waals surface area contributed by atoms with Gasteiger partial charge in [-0.15, -0.1) is 20.4 Å². The number of aromatic nitrogens is 5. The summed E-state index contributed by atoms with van der Waals surface area (Å²) in [5.41, 5.74) is 4.31. The number of carboxylic acids is 1. The normalized spacial score (nSPS) is 10.8. The van der Waals surface area contributed by atoms with E-state index < -0.39 is 29.4 Å². The molecule has 0 aliphatic rings. The molecule has 2 amide bonds. The minimum atomic E-state index is -0.828. The Morgan fingerprint density at radius 2 is 1.29 bits per heavy atom. The van der Waals surface area contributed by atoms with Crippen LogP contribution in [0.4, 0.5) is 19.0 Å². The maximum atomic E-state index is 14.0. The number of carboxylic acid groups (broad SMARTS) is 1. The number of unbranched alkanes of at least 4 members (excludes halogenated alkanes) is 1. The number of nitrogens with zero attached hydrogens (tertiary/aromatic N) is 6. The SMILES string of the molecule is CCCCN(C(=O)c1ccccc1F)c1nnc(-c2ccc(=O)[nH]c2)s1.CCN(C(=O)c1ccccc1F)c1nnc(-c2cc(C)c(CCC(=O)O)c(C)c2)s1. The summed E-state index contributed by atoms with van der Waals surface area (Å²) in [6.45, 7) is 8.44. The summed E-state index contributed by atoms with van der Waals surface area (Å²) in [5, 5.41) is 27.5. The number of aryl methyl sites for hydroxylation is 2. The molecule has 3 aromatic carbocycles. The Morgan fingerprint density at radius 3 is 1.79 bits per heavy atom. The monoisotopic (exact) mass is 799 g/mol. The molecule has 0 spiro atoms. The van der Waals surface area contributed by atoms with Crippen LogP contribution in [0.1, 0.15) is 70.5 Å². The molecule has 0 unspecified atom stereocenters. The number of aromatic amines is 1. The minimum Gasteiger partial charge on any atom is -0.481 e. The second-order valence-electron chi connectivity index (χ2n) is 12.5. The van der Waals surface area contributed by atoms with Gasteiger partial charge in [0.05, 0.1) is 11.1 Å². The van der Waals surface area contributed by atoms with E-state index in [9.17, 15) is 28.0 Å². The number of hydrogen-bond acceptors (Lipinski definition) is 10. The van der Waals surface area contributed by atoms with E-state index in [1.165, 1.54) is 68.9 Å². The number of carbonyl (C=O) groups is 3. The summed E-state index contributed by atoms with van der Waals surface area (Å²) in [7, 11) is 0. The third-order valence-corrected chi connectivity index (χ3v) is 10.6. The Hall–Kier alpha value is -6.00. The third-order valence-electron chi connectivity index (χ3n) is 8.60. The second-order valence-corrected chi connectivity index (χ2v) is 14.4. The third kappa shape index (κ3) is 9.99. The van der Waals surface area contributed by atoms with Crippen molar-refractivity contribution in [2.24, 2.45) is 0 Å². The van der Waals surface area contributed by atoms with Gasteiger partial charge in [0.1, 0.15) is 16.6 Å². The summed E-state index contributed by atoms with van der Waals surface area (Å²) in [6, 6.07) is 18.7. The lowest BCUT2D eigenvalue weighted by Gasteiger charge is -2.19. The van der Waals surface area contributed by atoms with Crippen LogP contribution in [0.5, 0.6) is 0 Å². The number of carbonyl (C=O) groups excluding carboxylic acids is 2. The number of anilines is 2. The summed E-state index contributed by atoms with van der Waals surface area (Å²) < 4.78 is 28.1. The molecular formula is C40H39F2N7O5S2. The molecule has 0 fully saturated rings. The van der Waals surface area contributed by atoms with Gasteiger partial charge in [-0.05, 0) is 92.8 Å². The number of pyridine rings is 1. The molecule has 0 radical (unpaired) electrons. The zero-order valence-electron chi connectivity index (χ0n) is 31.1. The highest BCUT2D eigenvalue weighted by molar-refractivity contribution is 7.19. The summed E-state index contributed by atoms with van der Waals surface area (Å²) in [6.07, 6.45) is 3.73. The van der Waals surface area contributed by atoms with Crippen molar-refractivity contribution in [3.63, 3.8) is 0 Å². The van der Waals surface area contributed by atoms with Crippen molar-refractivity contribution < 1.29 is 28.3 Å². The van der Waals surface area contributed by atoms with E-state index >= 15 is 0 Å². The van der Waals surface area contributed by atoms with Crippen molar-refractivity contribution in [1.82, 2.24) is 25.4 Å².